The Labute approximate surface area is 102 Å². The Morgan fingerprint density at radius 3 is 2.60 bits per heavy atom. The molecule has 15 heavy (non-hydrogen) atoms. The number of hydrogen-bond acceptors (Lipinski definition) is 2. The van der Waals surface area contributed by atoms with Gasteiger partial charge in [-0.05, 0) is 37.9 Å². The molecule has 0 fully saturated rings. The summed E-state index contributed by atoms with van der Waals surface area (Å²) in [6, 6.07) is 1.09. The maximum atomic E-state index is 13.5. The van der Waals surface area contributed by atoms with E-state index in [2.05, 4.69) is 36.6 Å². The minimum Gasteiger partial charge on any atom is -0.469 e. The smallest absolute Gasteiger partial charge is 0.310 e. The zero-order valence-electron chi connectivity index (χ0n) is 7.61. The van der Waals surface area contributed by atoms with E-state index in [-0.39, 0.29) is 14.5 Å². The van der Waals surface area contributed by atoms with E-state index in [1.165, 1.54) is 0 Å². The lowest BCUT2D eigenvalue weighted by Crippen LogP contribution is -2.08. The molecule has 0 saturated heterocycles. The van der Waals surface area contributed by atoms with Crippen molar-refractivity contribution in [3.8, 4) is 0 Å². The molecule has 0 aliphatic heterocycles. The summed E-state index contributed by atoms with van der Waals surface area (Å²) in [5.41, 5.74) is -0.308. The van der Waals surface area contributed by atoms with Gasteiger partial charge in [-0.3, -0.25) is 4.79 Å². The van der Waals surface area contributed by atoms with Gasteiger partial charge in [0, 0.05) is 10.0 Å². The normalized spacial score (nSPS) is 10.2. The van der Waals surface area contributed by atoms with Crippen LogP contribution in [0.4, 0.5) is 8.78 Å². The molecule has 0 saturated carbocycles. The Bertz CT molecular complexity index is 408. The summed E-state index contributed by atoms with van der Waals surface area (Å²) in [5, 5.41) is 0. The van der Waals surface area contributed by atoms with Crippen LogP contribution in [0.5, 0.6) is 0 Å². The van der Waals surface area contributed by atoms with Gasteiger partial charge in [0.05, 0.1) is 18.0 Å². The molecule has 0 atom stereocenters. The molecule has 82 valence electrons. The summed E-state index contributed by atoms with van der Waals surface area (Å²) < 4.78 is 31.5. The Balaban J connectivity index is 3.18. The summed E-state index contributed by atoms with van der Waals surface area (Å²) in [7, 11) is 1.16. The van der Waals surface area contributed by atoms with Crippen molar-refractivity contribution < 1.29 is 18.3 Å². The predicted molar refractivity (Wildman–Crippen MR) is 57.5 cm³/mol. The van der Waals surface area contributed by atoms with Crippen molar-refractivity contribution in [2.24, 2.45) is 0 Å². The summed E-state index contributed by atoms with van der Waals surface area (Å²) in [6.07, 6.45) is -0.431. The van der Waals surface area contributed by atoms with Crippen molar-refractivity contribution in [3.63, 3.8) is 0 Å². The highest BCUT2D eigenvalue weighted by molar-refractivity contribution is 9.13. The molecular weight excluding hydrogens is 338 g/mol. The van der Waals surface area contributed by atoms with Gasteiger partial charge in [0.15, 0.2) is 0 Å². The van der Waals surface area contributed by atoms with Crippen LogP contribution in [0.25, 0.3) is 0 Å². The first-order valence-corrected chi connectivity index (χ1v) is 5.44. The second kappa shape index (κ2) is 5.03. The van der Waals surface area contributed by atoms with Gasteiger partial charge in [-0.1, -0.05) is 0 Å². The van der Waals surface area contributed by atoms with Crippen LogP contribution in [0.1, 0.15) is 5.56 Å². The van der Waals surface area contributed by atoms with Gasteiger partial charge in [0.1, 0.15) is 11.6 Å². The Kier molecular flexibility index (Phi) is 4.21. The molecule has 0 spiro atoms. The quantitative estimate of drug-likeness (QED) is 0.468. The summed E-state index contributed by atoms with van der Waals surface area (Å²) >= 11 is 5.91. The van der Waals surface area contributed by atoms with Crippen LogP contribution in [-0.4, -0.2) is 13.1 Å². The van der Waals surface area contributed by atoms with Gasteiger partial charge in [-0.15, -0.1) is 0 Å². The van der Waals surface area contributed by atoms with Gasteiger partial charge in [0.2, 0.25) is 0 Å². The molecule has 0 aromatic heterocycles. The van der Waals surface area contributed by atoms with E-state index in [0.717, 1.165) is 13.2 Å². The number of halogens is 4. The lowest BCUT2D eigenvalue weighted by Gasteiger charge is -2.06. The van der Waals surface area contributed by atoms with Crippen LogP contribution in [0, 0.1) is 11.6 Å². The van der Waals surface area contributed by atoms with Crippen LogP contribution in [0.3, 0.4) is 0 Å². The molecule has 0 bridgehead atoms. The number of ether oxygens (including phenoxy) is 1. The summed E-state index contributed by atoms with van der Waals surface area (Å²) in [5.74, 6) is -2.28. The Morgan fingerprint density at radius 2 is 2.07 bits per heavy atom. The fourth-order valence-corrected chi connectivity index (χ4v) is 1.71. The lowest BCUT2D eigenvalue weighted by atomic mass is 10.1. The Hall–Kier alpha value is -0.490. The van der Waals surface area contributed by atoms with Crippen molar-refractivity contribution in [2.45, 2.75) is 6.42 Å². The van der Waals surface area contributed by atoms with Crippen LogP contribution in [0.2, 0.25) is 0 Å². The van der Waals surface area contributed by atoms with E-state index in [4.69, 9.17) is 0 Å². The highest BCUT2D eigenvalue weighted by Gasteiger charge is 2.18. The molecular formula is C9H6Br2F2O2. The van der Waals surface area contributed by atoms with Crippen molar-refractivity contribution in [1.82, 2.24) is 0 Å². The standard InChI is InChI=1S/C9H6Br2F2O2/c1-15-7(14)2-4-6(12)3-5(10)8(11)9(4)13/h3H,2H2,1H3. The van der Waals surface area contributed by atoms with Crippen LogP contribution in [0.15, 0.2) is 15.0 Å². The molecule has 0 radical (unpaired) electrons. The number of esters is 1. The van der Waals surface area contributed by atoms with Gasteiger partial charge < -0.3 is 4.74 Å². The second-order valence-corrected chi connectivity index (χ2v) is 4.35. The van der Waals surface area contributed by atoms with E-state index >= 15 is 0 Å². The summed E-state index contributed by atoms with van der Waals surface area (Å²) in [4.78, 5) is 10.9. The number of rotatable bonds is 2. The molecule has 0 amide bonds. The first-order chi connectivity index (χ1) is 6.97. The molecule has 1 aromatic rings. The fraction of sp³-hybridized carbons (Fsp3) is 0.222. The average Bonchev–Trinajstić information content (AvgIpc) is 2.21. The second-order valence-electron chi connectivity index (χ2n) is 2.70. The molecule has 0 unspecified atom stereocenters. The molecule has 6 heteroatoms. The highest BCUT2D eigenvalue weighted by atomic mass is 79.9. The third-order valence-corrected chi connectivity index (χ3v) is 3.69. The maximum Gasteiger partial charge on any atom is 0.310 e. The van der Waals surface area contributed by atoms with Crippen molar-refractivity contribution in [3.05, 3.63) is 32.2 Å². The first kappa shape index (κ1) is 12.6. The van der Waals surface area contributed by atoms with E-state index in [0.29, 0.717) is 0 Å². The third kappa shape index (κ3) is 2.75. The van der Waals surface area contributed by atoms with E-state index in [1.54, 1.807) is 0 Å². The van der Waals surface area contributed by atoms with Crippen LogP contribution in [-0.2, 0) is 16.0 Å². The van der Waals surface area contributed by atoms with Crippen molar-refractivity contribution in [1.29, 1.82) is 0 Å². The van der Waals surface area contributed by atoms with Crippen molar-refractivity contribution in [2.75, 3.05) is 7.11 Å². The molecule has 1 rings (SSSR count). The van der Waals surface area contributed by atoms with Crippen molar-refractivity contribution >= 4 is 37.8 Å². The molecule has 0 heterocycles. The van der Waals surface area contributed by atoms with Gasteiger partial charge >= 0.3 is 5.97 Å². The maximum absolute atomic E-state index is 13.5. The molecule has 2 nitrogen and oxygen atoms in total. The van der Waals surface area contributed by atoms with E-state index < -0.39 is 24.0 Å². The summed E-state index contributed by atoms with van der Waals surface area (Å²) in [6.45, 7) is 0. The minimum absolute atomic E-state index is 0.0859. The zero-order valence-corrected chi connectivity index (χ0v) is 10.8. The number of carbonyl (C=O) groups is 1. The molecule has 0 aliphatic rings. The van der Waals surface area contributed by atoms with E-state index in [1.807, 2.05) is 0 Å². The van der Waals surface area contributed by atoms with E-state index in [9.17, 15) is 13.6 Å². The average molecular weight is 344 g/mol. The topological polar surface area (TPSA) is 26.3 Å². The van der Waals surface area contributed by atoms with Crippen LogP contribution >= 0.6 is 31.9 Å². The minimum atomic E-state index is -0.799. The first-order valence-electron chi connectivity index (χ1n) is 3.86. The number of carbonyl (C=O) groups excluding carboxylic acids is 1. The fourth-order valence-electron chi connectivity index (χ4n) is 0.982. The largest absolute Gasteiger partial charge is 0.469 e. The lowest BCUT2D eigenvalue weighted by molar-refractivity contribution is -0.139. The SMILES string of the molecule is COC(=O)Cc1c(F)cc(Br)c(Br)c1F. The number of methoxy groups -OCH3 is 1. The molecule has 1 aromatic carbocycles. The van der Waals surface area contributed by atoms with Gasteiger partial charge in [-0.2, -0.15) is 0 Å². The predicted octanol–water partition coefficient (Wildman–Crippen LogP) is 3.21. The molecule has 0 aliphatic carbocycles. The highest BCUT2D eigenvalue weighted by Crippen LogP contribution is 2.30. The third-order valence-electron chi connectivity index (χ3n) is 1.76. The zero-order chi connectivity index (χ0) is 11.6. The Morgan fingerprint density at radius 1 is 1.47 bits per heavy atom. The monoisotopic (exact) mass is 342 g/mol. The van der Waals surface area contributed by atoms with Gasteiger partial charge in [0.25, 0.3) is 0 Å². The van der Waals surface area contributed by atoms with Crippen LogP contribution < -0.4 is 0 Å². The number of benzene rings is 1. The molecule has 0 N–H and O–H groups in total. The van der Waals surface area contributed by atoms with Gasteiger partial charge in [-0.25, -0.2) is 8.78 Å². The number of hydrogen-bond donors (Lipinski definition) is 0.